The predicted octanol–water partition coefficient (Wildman–Crippen LogP) is 5.84. The smallest absolute Gasteiger partial charge is 0.0783 e. The van der Waals surface area contributed by atoms with Gasteiger partial charge in [0.1, 0.15) is 0 Å². The number of rotatable bonds is 5. The maximum absolute atomic E-state index is 6.28. The fourth-order valence-electron chi connectivity index (χ4n) is 3.01. The zero-order chi connectivity index (χ0) is 14.6. The first-order chi connectivity index (χ1) is 9.54. The first-order valence-electron chi connectivity index (χ1n) is 7.49. The van der Waals surface area contributed by atoms with Gasteiger partial charge in [-0.05, 0) is 55.2 Å². The van der Waals surface area contributed by atoms with Gasteiger partial charge >= 0.3 is 0 Å². The molecular formula is C17H24BrClO. The highest BCUT2D eigenvalue weighted by molar-refractivity contribution is 9.09. The zero-order valence-corrected chi connectivity index (χ0v) is 14.7. The van der Waals surface area contributed by atoms with Gasteiger partial charge in [-0.1, -0.05) is 53.5 Å². The minimum atomic E-state index is 0.00765. The predicted molar refractivity (Wildman–Crippen MR) is 89.6 cm³/mol. The Hall–Kier alpha value is -0.0500. The van der Waals surface area contributed by atoms with Crippen molar-refractivity contribution >= 4 is 27.5 Å². The summed E-state index contributed by atoms with van der Waals surface area (Å²) in [6.45, 7) is 5.32. The molecule has 0 heterocycles. The van der Waals surface area contributed by atoms with Gasteiger partial charge in [0, 0.05) is 10.4 Å². The molecular weight excluding hydrogens is 336 g/mol. The molecule has 1 saturated carbocycles. The lowest BCUT2D eigenvalue weighted by molar-refractivity contribution is -0.0732. The van der Waals surface area contributed by atoms with Gasteiger partial charge in [-0.25, -0.2) is 0 Å². The van der Waals surface area contributed by atoms with E-state index in [1.165, 1.54) is 12.8 Å². The van der Waals surface area contributed by atoms with E-state index in [1.54, 1.807) is 0 Å². The minimum absolute atomic E-state index is 0.00765. The number of alkyl halides is 1. The molecule has 0 saturated heterocycles. The van der Waals surface area contributed by atoms with Gasteiger partial charge < -0.3 is 4.74 Å². The quantitative estimate of drug-likeness (QED) is 0.600. The Morgan fingerprint density at radius 3 is 2.60 bits per heavy atom. The second-order valence-electron chi connectivity index (χ2n) is 6.32. The Labute approximate surface area is 136 Å². The molecule has 20 heavy (non-hydrogen) atoms. The number of hydrogen-bond donors (Lipinski definition) is 0. The molecule has 0 radical (unpaired) electrons. The van der Waals surface area contributed by atoms with Crippen molar-refractivity contribution in [1.82, 2.24) is 0 Å². The normalized spacial score (nSPS) is 26.9. The standard InChI is InChI=1S/C17H24BrClO/c1-13(2)15-6-8-17(12-18,9-7-15)20-11-14-4-3-5-16(19)10-14/h3-5,10,13,15H,6-9,11-12H2,1-2H3. The summed E-state index contributed by atoms with van der Waals surface area (Å²) < 4.78 is 6.28. The van der Waals surface area contributed by atoms with E-state index in [0.29, 0.717) is 6.61 Å². The fourth-order valence-corrected chi connectivity index (χ4v) is 3.95. The van der Waals surface area contributed by atoms with Crippen LogP contribution in [-0.4, -0.2) is 10.9 Å². The van der Waals surface area contributed by atoms with Gasteiger partial charge in [-0.15, -0.1) is 0 Å². The molecule has 1 aromatic rings. The van der Waals surface area contributed by atoms with Crippen molar-refractivity contribution in [3.05, 3.63) is 34.9 Å². The highest BCUT2D eigenvalue weighted by Crippen LogP contribution is 2.39. The Bertz CT molecular complexity index is 425. The van der Waals surface area contributed by atoms with Crippen LogP contribution in [0.3, 0.4) is 0 Å². The molecule has 0 aliphatic heterocycles. The second kappa shape index (κ2) is 7.29. The molecule has 1 fully saturated rings. The van der Waals surface area contributed by atoms with Crippen molar-refractivity contribution in [1.29, 1.82) is 0 Å². The molecule has 1 aliphatic carbocycles. The number of hydrogen-bond acceptors (Lipinski definition) is 1. The van der Waals surface area contributed by atoms with E-state index in [4.69, 9.17) is 16.3 Å². The van der Waals surface area contributed by atoms with E-state index in [2.05, 4.69) is 35.8 Å². The van der Waals surface area contributed by atoms with Crippen molar-refractivity contribution in [3.63, 3.8) is 0 Å². The lowest BCUT2D eigenvalue weighted by Gasteiger charge is -2.40. The fraction of sp³-hybridized carbons (Fsp3) is 0.647. The van der Waals surface area contributed by atoms with Gasteiger partial charge in [-0.2, -0.15) is 0 Å². The monoisotopic (exact) mass is 358 g/mol. The topological polar surface area (TPSA) is 9.23 Å². The Morgan fingerprint density at radius 2 is 2.05 bits per heavy atom. The molecule has 0 bridgehead atoms. The van der Waals surface area contributed by atoms with Crippen molar-refractivity contribution in [3.8, 4) is 0 Å². The first-order valence-corrected chi connectivity index (χ1v) is 8.99. The Kier molecular flexibility index (Phi) is 5.95. The molecule has 0 spiro atoms. The summed E-state index contributed by atoms with van der Waals surface area (Å²) in [5.74, 6) is 1.65. The lowest BCUT2D eigenvalue weighted by atomic mass is 9.75. The van der Waals surface area contributed by atoms with E-state index in [9.17, 15) is 0 Å². The summed E-state index contributed by atoms with van der Waals surface area (Å²) in [5.41, 5.74) is 1.16. The van der Waals surface area contributed by atoms with E-state index in [-0.39, 0.29) is 5.60 Å². The molecule has 1 nitrogen and oxygen atoms in total. The van der Waals surface area contributed by atoms with Crippen LogP contribution in [0.1, 0.15) is 45.1 Å². The van der Waals surface area contributed by atoms with Crippen LogP contribution in [0, 0.1) is 11.8 Å². The molecule has 0 N–H and O–H groups in total. The average molecular weight is 360 g/mol. The highest BCUT2D eigenvalue weighted by Gasteiger charge is 2.36. The molecule has 0 atom stereocenters. The van der Waals surface area contributed by atoms with Gasteiger partial charge in [-0.3, -0.25) is 0 Å². The molecule has 1 aromatic carbocycles. The maximum Gasteiger partial charge on any atom is 0.0783 e. The number of halogens is 2. The van der Waals surface area contributed by atoms with Crippen LogP contribution >= 0.6 is 27.5 Å². The largest absolute Gasteiger partial charge is 0.369 e. The third-order valence-corrected chi connectivity index (χ3v) is 5.82. The highest BCUT2D eigenvalue weighted by atomic mass is 79.9. The summed E-state index contributed by atoms with van der Waals surface area (Å²) in [4.78, 5) is 0. The number of ether oxygens (including phenoxy) is 1. The van der Waals surface area contributed by atoms with Gasteiger partial charge in [0.25, 0.3) is 0 Å². The van der Waals surface area contributed by atoms with Gasteiger partial charge in [0.05, 0.1) is 12.2 Å². The zero-order valence-electron chi connectivity index (χ0n) is 12.4. The minimum Gasteiger partial charge on any atom is -0.369 e. The van der Waals surface area contributed by atoms with E-state index >= 15 is 0 Å². The average Bonchev–Trinajstić information content (AvgIpc) is 2.45. The molecule has 3 heteroatoms. The summed E-state index contributed by atoms with van der Waals surface area (Å²) in [5, 5.41) is 1.70. The van der Waals surface area contributed by atoms with Crippen molar-refractivity contribution < 1.29 is 4.74 Å². The third-order valence-electron chi connectivity index (χ3n) is 4.56. The van der Waals surface area contributed by atoms with Crippen molar-refractivity contribution in [2.75, 3.05) is 5.33 Å². The third kappa shape index (κ3) is 4.22. The molecule has 2 rings (SSSR count). The molecule has 112 valence electrons. The van der Waals surface area contributed by atoms with Crippen LogP contribution < -0.4 is 0 Å². The summed E-state index contributed by atoms with van der Waals surface area (Å²) in [6, 6.07) is 7.95. The SMILES string of the molecule is CC(C)C1CCC(CBr)(OCc2cccc(Cl)c2)CC1. The van der Waals surface area contributed by atoms with Gasteiger partial charge in [0.15, 0.2) is 0 Å². The molecule has 1 aliphatic rings. The second-order valence-corrected chi connectivity index (χ2v) is 7.31. The summed E-state index contributed by atoms with van der Waals surface area (Å²) >= 11 is 9.69. The Morgan fingerprint density at radius 1 is 1.35 bits per heavy atom. The van der Waals surface area contributed by atoms with Crippen molar-refractivity contribution in [2.45, 2.75) is 51.7 Å². The van der Waals surface area contributed by atoms with E-state index < -0.39 is 0 Å². The van der Waals surface area contributed by atoms with Crippen LogP contribution in [0.15, 0.2) is 24.3 Å². The molecule has 0 aromatic heterocycles. The van der Waals surface area contributed by atoms with Gasteiger partial charge in [0.2, 0.25) is 0 Å². The van der Waals surface area contributed by atoms with E-state index in [1.807, 2.05) is 18.2 Å². The Balaban J connectivity index is 1.92. The molecule has 0 amide bonds. The van der Waals surface area contributed by atoms with Crippen molar-refractivity contribution in [2.24, 2.45) is 11.8 Å². The maximum atomic E-state index is 6.28. The van der Waals surface area contributed by atoms with Crippen LogP contribution in [0.5, 0.6) is 0 Å². The lowest BCUT2D eigenvalue weighted by Crippen LogP contribution is -2.39. The summed E-state index contributed by atoms with van der Waals surface area (Å²) in [7, 11) is 0. The molecule has 0 unspecified atom stereocenters. The van der Waals surface area contributed by atoms with Crippen LogP contribution in [0.2, 0.25) is 5.02 Å². The van der Waals surface area contributed by atoms with Crippen LogP contribution in [0.4, 0.5) is 0 Å². The van der Waals surface area contributed by atoms with E-state index in [0.717, 1.165) is 40.6 Å². The van der Waals surface area contributed by atoms with Crippen LogP contribution in [0.25, 0.3) is 0 Å². The first kappa shape index (κ1) is 16.3. The number of benzene rings is 1. The summed E-state index contributed by atoms with van der Waals surface area (Å²) in [6.07, 6.45) is 4.86. The van der Waals surface area contributed by atoms with Crippen LogP contribution in [-0.2, 0) is 11.3 Å².